The lowest BCUT2D eigenvalue weighted by Crippen LogP contribution is -2.26. The number of carbonyl (C=O) groups excluding carboxylic acids is 1. The summed E-state index contributed by atoms with van der Waals surface area (Å²) < 4.78 is 0. The summed E-state index contributed by atoms with van der Waals surface area (Å²) in [6.45, 7) is 2.51. The van der Waals surface area contributed by atoms with E-state index in [0.29, 0.717) is 6.54 Å². The molecule has 17 heavy (non-hydrogen) atoms. The van der Waals surface area contributed by atoms with Crippen molar-refractivity contribution in [1.82, 2.24) is 9.88 Å². The van der Waals surface area contributed by atoms with Crippen molar-refractivity contribution in [2.24, 2.45) is 0 Å². The van der Waals surface area contributed by atoms with Gasteiger partial charge in [-0.2, -0.15) is 0 Å². The fourth-order valence-electron chi connectivity index (χ4n) is 1.62. The molecule has 0 unspecified atom stereocenters. The van der Waals surface area contributed by atoms with Crippen LogP contribution in [0.4, 0.5) is 0 Å². The standard InChI is InChI=1S/C13H14N2OS/c1-10-5-3-4-6-11(10)13(16)15(2)9-12-14-7-8-17-12/h3-8H,9H2,1-2H3. The van der Waals surface area contributed by atoms with Crippen LogP contribution in [0.15, 0.2) is 35.8 Å². The Morgan fingerprint density at radius 2 is 2.18 bits per heavy atom. The third-order valence-corrected chi connectivity index (χ3v) is 3.34. The highest BCUT2D eigenvalue weighted by Crippen LogP contribution is 2.13. The zero-order valence-corrected chi connectivity index (χ0v) is 10.7. The molecule has 0 bridgehead atoms. The quantitative estimate of drug-likeness (QED) is 0.834. The van der Waals surface area contributed by atoms with E-state index >= 15 is 0 Å². The summed E-state index contributed by atoms with van der Waals surface area (Å²) in [5, 5.41) is 2.87. The van der Waals surface area contributed by atoms with Crippen molar-refractivity contribution < 1.29 is 4.79 Å². The van der Waals surface area contributed by atoms with Crippen LogP contribution in [-0.2, 0) is 6.54 Å². The molecule has 0 saturated heterocycles. The van der Waals surface area contributed by atoms with Crippen molar-refractivity contribution in [3.05, 3.63) is 52.0 Å². The van der Waals surface area contributed by atoms with E-state index in [9.17, 15) is 4.79 Å². The van der Waals surface area contributed by atoms with E-state index < -0.39 is 0 Å². The summed E-state index contributed by atoms with van der Waals surface area (Å²) in [6, 6.07) is 7.63. The second-order valence-electron chi connectivity index (χ2n) is 3.90. The third-order valence-electron chi connectivity index (χ3n) is 2.58. The first-order chi connectivity index (χ1) is 8.18. The molecule has 0 saturated carbocycles. The fraction of sp³-hybridized carbons (Fsp3) is 0.231. The SMILES string of the molecule is Cc1ccccc1C(=O)N(C)Cc1nccs1. The summed E-state index contributed by atoms with van der Waals surface area (Å²) >= 11 is 1.56. The molecule has 1 amide bonds. The number of benzene rings is 1. The van der Waals surface area contributed by atoms with E-state index in [1.54, 1.807) is 29.5 Å². The van der Waals surface area contributed by atoms with Crippen LogP contribution in [0.25, 0.3) is 0 Å². The lowest BCUT2D eigenvalue weighted by atomic mass is 10.1. The molecule has 0 N–H and O–H groups in total. The van der Waals surface area contributed by atoms with Crippen LogP contribution in [0.1, 0.15) is 20.9 Å². The van der Waals surface area contributed by atoms with Crippen molar-refractivity contribution in [2.75, 3.05) is 7.05 Å². The molecule has 4 heteroatoms. The zero-order chi connectivity index (χ0) is 12.3. The van der Waals surface area contributed by atoms with Gasteiger partial charge in [0.05, 0.1) is 6.54 Å². The van der Waals surface area contributed by atoms with Gasteiger partial charge < -0.3 is 4.90 Å². The van der Waals surface area contributed by atoms with Gasteiger partial charge in [-0.1, -0.05) is 18.2 Å². The van der Waals surface area contributed by atoms with Crippen LogP contribution in [0.3, 0.4) is 0 Å². The van der Waals surface area contributed by atoms with Crippen LogP contribution in [0.5, 0.6) is 0 Å². The average molecular weight is 246 g/mol. The predicted molar refractivity (Wildman–Crippen MR) is 69.1 cm³/mol. The largest absolute Gasteiger partial charge is 0.335 e. The smallest absolute Gasteiger partial charge is 0.254 e. The molecule has 88 valence electrons. The number of carbonyl (C=O) groups is 1. The Balaban J connectivity index is 2.13. The van der Waals surface area contributed by atoms with Crippen LogP contribution in [0, 0.1) is 6.92 Å². The lowest BCUT2D eigenvalue weighted by molar-refractivity contribution is 0.0784. The monoisotopic (exact) mass is 246 g/mol. The van der Waals surface area contributed by atoms with Crippen molar-refractivity contribution >= 4 is 17.2 Å². The van der Waals surface area contributed by atoms with Gasteiger partial charge in [0.1, 0.15) is 5.01 Å². The van der Waals surface area contributed by atoms with Gasteiger partial charge in [0.25, 0.3) is 5.91 Å². The Hall–Kier alpha value is -1.68. The molecule has 0 aliphatic rings. The van der Waals surface area contributed by atoms with Gasteiger partial charge in [-0.25, -0.2) is 4.98 Å². The number of aryl methyl sites for hydroxylation is 1. The van der Waals surface area contributed by atoms with Crippen LogP contribution in [0.2, 0.25) is 0 Å². The molecule has 3 nitrogen and oxygen atoms in total. The minimum atomic E-state index is 0.0401. The number of nitrogens with zero attached hydrogens (tertiary/aromatic N) is 2. The first-order valence-corrected chi connectivity index (χ1v) is 6.26. The zero-order valence-electron chi connectivity index (χ0n) is 9.88. The normalized spacial score (nSPS) is 10.2. The van der Waals surface area contributed by atoms with E-state index in [2.05, 4.69) is 4.98 Å². The Morgan fingerprint density at radius 1 is 1.41 bits per heavy atom. The molecular formula is C13H14N2OS. The summed E-state index contributed by atoms with van der Waals surface area (Å²) in [5.41, 5.74) is 1.76. The van der Waals surface area contributed by atoms with Crippen molar-refractivity contribution in [3.63, 3.8) is 0 Å². The fourth-order valence-corrected chi connectivity index (χ4v) is 2.29. The van der Waals surface area contributed by atoms with E-state index in [0.717, 1.165) is 16.1 Å². The number of aromatic nitrogens is 1. The molecular weight excluding hydrogens is 232 g/mol. The first kappa shape index (κ1) is 11.8. The van der Waals surface area contributed by atoms with Gasteiger partial charge in [0, 0.05) is 24.2 Å². The minimum absolute atomic E-state index is 0.0401. The van der Waals surface area contributed by atoms with E-state index in [4.69, 9.17) is 0 Å². The van der Waals surface area contributed by atoms with Crippen molar-refractivity contribution in [3.8, 4) is 0 Å². The topological polar surface area (TPSA) is 33.2 Å². The van der Waals surface area contributed by atoms with Gasteiger partial charge in [-0.3, -0.25) is 4.79 Å². The Morgan fingerprint density at radius 3 is 2.82 bits per heavy atom. The Labute approximate surface area is 105 Å². The van der Waals surface area contributed by atoms with Gasteiger partial charge in [-0.15, -0.1) is 11.3 Å². The molecule has 0 aliphatic carbocycles. The maximum absolute atomic E-state index is 12.2. The summed E-state index contributed by atoms with van der Waals surface area (Å²) in [7, 11) is 1.80. The van der Waals surface area contributed by atoms with E-state index in [1.165, 1.54) is 0 Å². The molecule has 1 aromatic heterocycles. The number of rotatable bonds is 3. The van der Waals surface area contributed by atoms with Gasteiger partial charge in [0.2, 0.25) is 0 Å². The molecule has 1 aromatic carbocycles. The highest BCUT2D eigenvalue weighted by molar-refractivity contribution is 7.09. The van der Waals surface area contributed by atoms with Crippen molar-refractivity contribution in [2.45, 2.75) is 13.5 Å². The van der Waals surface area contributed by atoms with Gasteiger partial charge in [0.15, 0.2) is 0 Å². The molecule has 0 radical (unpaired) electrons. The average Bonchev–Trinajstić information content (AvgIpc) is 2.81. The maximum atomic E-state index is 12.2. The second kappa shape index (κ2) is 5.10. The summed E-state index contributed by atoms with van der Waals surface area (Å²) in [5.74, 6) is 0.0401. The number of hydrogen-bond donors (Lipinski definition) is 0. The van der Waals surface area contributed by atoms with Crippen LogP contribution in [-0.4, -0.2) is 22.8 Å². The lowest BCUT2D eigenvalue weighted by Gasteiger charge is -2.16. The summed E-state index contributed by atoms with van der Waals surface area (Å²) in [6.07, 6.45) is 1.76. The van der Waals surface area contributed by atoms with Crippen LogP contribution >= 0.6 is 11.3 Å². The third kappa shape index (κ3) is 2.71. The molecule has 0 atom stereocenters. The van der Waals surface area contributed by atoms with Crippen molar-refractivity contribution in [1.29, 1.82) is 0 Å². The van der Waals surface area contributed by atoms with E-state index in [-0.39, 0.29) is 5.91 Å². The summed E-state index contributed by atoms with van der Waals surface area (Å²) in [4.78, 5) is 18.1. The number of amides is 1. The van der Waals surface area contributed by atoms with E-state index in [1.807, 2.05) is 36.6 Å². The van der Waals surface area contributed by atoms with Gasteiger partial charge in [-0.05, 0) is 18.6 Å². The van der Waals surface area contributed by atoms with Crippen LogP contribution < -0.4 is 0 Å². The number of hydrogen-bond acceptors (Lipinski definition) is 3. The Bertz CT molecular complexity index is 508. The maximum Gasteiger partial charge on any atom is 0.254 e. The van der Waals surface area contributed by atoms with Gasteiger partial charge >= 0.3 is 0 Å². The molecule has 1 heterocycles. The predicted octanol–water partition coefficient (Wildman–Crippen LogP) is 2.72. The molecule has 0 fully saturated rings. The first-order valence-electron chi connectivity index (χ1n) is 5.38. The minimum Gasteiger partial charge on any atom is -0.335 e. The highest BCUT2D eigenvalue weighted by Gasteiger charge is 2.14. The molecule has 2 rings (SSSR count). The second-order valence-corrected chi connectivity index (χ2v) is 4.88. The Kier molecular flexibility index (Phi) is 3.54. The molecule has 0 spiro atoms. The molecule has 0 aliphatic heterocycles. The number of thiazole rings is 1. The highest BCUT2D eigenvalue weighted by atomic mass is 32.1. The molecule has 2 aromatic rings.